The van der Waals surface area contributed by atoms with Crippen molar-refractivity contribution in [3.8, 4) is 0 Å². The molecule has 0 bridgehead atoms. The van der Waals surface area contributed by atoms with Gasteiger partial charge in [-0.3, -0.25) is 4.98 Å². The zero-order valence-corrected chi connectivity index (χ0v) is 10.1. The second-order valence-electron chi connectivity index (χ2n) is 3.95. The van der Waals surface area contributed by atoms with Gasteiger partial charge in [-0.1, -0.05) is 6.92 Å². The van der Waals surface area contributed by atoms with Gasteiger partial charge in [-0.05, 0) is 25.8 Å². The van der Waals surface area contributed by atoms with Gasteiger partial charge >= 0.3 is 5.97 Å². The minimum Gasteiger partial charge on any atom is -0.478 e. The summed E-state index contributed by atoms with van der Waals surface area (Å²) in [6.45, 7) is 4.25. The lowest BCUT2D eigenvalue weighted by atomic mass is 10.2. The number of carboxylic acids is 1. The summed E-state index contributed by atoms with van der Waals surface area (Å²) in [5.74, 6) is -1.00. The highest BCUT2D eigenvalue weighted by molar-refractivity contribution is 5.93. The number of carboxylic acid groups (broad SMARTS) is 1. The lowest BCUT2D eigenvalue weighted by Gasteiger charge is -2.12. The Labute approximate surface area is 101 Å². The van der Waals surface area contributed by atoms with Crippen molar-refractivity contribution in [3.05, 3.63) is 23.5 Å². The normalized spacial score (nSPS) is 12.2. The lowest BCUT2D eigenvalue weighted by Crippen LogP contribution is -2.14. The number of aliphatic hydroxyl groups is 1. The number of aromatic nitrogens is 1. The van der Waals surface area contributed by atoms with Crippen LogP contribution in [0.4, 0.5) is 5.69 Å². The summed E-state index contributed by atoms with van der Waals surface area (Å²) in [5, 5.41) is 21.4. The highest BCUT2D eigenvalue weighted by Gasteiger charge is 2.10. The van der Waals surface area contributed by atoms with Gasteiger partial charge in [0.1, 0.15) is 5.56 Å². The molecule has 1 aromatic rings. The number of rotatable bonds is 6. The van der Waals surface area contributed by atoms with Crippen molar-refractivity contribution in [1.82, 2.24) is 4.98 Å². The van der Waals surface area contributed by atoms with E-state index in [1.54, 1.807) is 13.0 Å². The first-order valence-corrected chi connectivity index (χ1v) is 5.66. The Hall–Kier alpha value is -1.62. The van der Waals surface area contributed by atoms with Crippen LogP contribution in [-0.4, -0.2) is 33.8 Å². The van der Waals surface area contributed by atoms with Crippen LogP contribution >= 0.6 is 0 Å². The van der Waals surface area contributed by atoms with Gasteiger partial charge in [-0.15, -0.1) is 0 Å². The molecular weight excluding hydrogens is 220 g/mol. The predicted molar refractivity (Wildman–Crippen MR) is 65.3 cm³/mol. The van der Waals surface area contributed by atoms with Crippen molar-refractivity contribution in [2.75, 3.05) is 11.9 Å². The first-order chi connectivity index (χ1) is 8.04. The second-order valence-corrected chi connectivity index (χ2v) is 3.95. The molecule has 5 nitrogen and oxygen atoms in total. The molecule has 5 heteroatoms. The van der Waals surface area contributed by atoms with Gasteiger partial charge in [0.2, 0.25) is 0 Å². The van der Waals surface area contributed by atoms with E-state index in [1.165, 1.54) is 6.20 Å². The fourth-order valence-electron chi connectivity index (χ4n) is 1.45. The Bertz CT molecular complexity index is 393. The Morgan fingerprint density at radius 2 is 2.29 bits per heavy atom. The van der Waals surface area contributed by atoms with Gasteiger partial charge in [-0.25, -0.2) is 4.79 Å². The highest BCUT2D eigenvalue weighted by Crippen LogP contribution is 2.15. The van der Waals surface area contributed by atoms with Gasteiger partial charge in [0.15, 0.2) is 0 Å². The van der Waals surface area contributed by atoms with E-state index in [9.17, 15) is 9.90 Å². The average molecular weight is 238 g/mol. The number of carbonyl (C=O) groups is 1. The van der Waals surface area contributed by atoms with Crippen molar-refractivity contribution in [2.24, 2.45) is 0 Å². The molecule has 1 unspecified atom stereocenters. The zero-order valence-electron chi connectivity index (χ0n) is 10.1. The maximum Gasteiger partial charge on any atom is 0.339 e. The van der Waals surface area contributed by atoms with Gasteiger partial charge < -0.3 is 15.5 Å². The second kappa shape index (κ2) is 6.20. The third-order valence-electron chi connectivity index (χ3n) is 2.54. The van der Waals surface area contributed by atoms with E-state index < -0.39 is 5.97 Å². The van der Waals surface area contributed by atoms with Crippen molar-refractivity contribution in [3.63, 3.8) is 0 Å². The van der Waals surface area contributed by atoms with Crippen LogP contribution in [0.15, 0.2) is 12.3 Å². The summed E-state index contributed by atoms with van der Waals surface area (Å²) >= 11 is 0. The van der Waals surface area contributed by atoms with E-state index in [0.29, 0.717) is 25.1 Å². The maximum absolute atomic E-state index is 11.0. The number of aryl methyl sites for hydroxylation is 1. The standard InChI is InChI=1S/C12H18N2O3/c1-3-9(15)4-5-13-11-6-8(2)14-7-10(11)12(16)17/h6-7,9,15H,3-5H2,1-2H3,(H,13,14)(H,16,17). The number of anilines is 1. The predicted octanol–water partition coefficient (Wildman–Crippen LogP) is 1.66. The molecule has 0 amide bonds. The summed E-state index contributed by atoms with van der Waals surface area (Å²) in [7, 11) is 0. The molecule has 1 heterocycles. The smallest absolute Gasteiger partial charge is 0.339 e. The van der Waals surface area contributed by atoms with E-state index in [4.69, 9.17) is 5.11 Å². The summed E-state index contributed by atoms with van der Waals surface area (Å²) in [6, 6.07) is 1.70. The molecule has 0 spiro atoms. The first-order valence-electron chi connectivity index (χ1n) is 5.66. The fraction of sp³-hybridized carbons (Fsp3) is 0.500. The minimum atomic E-state index is -1.00. The van der Waals surface area contributed by atoms with Gasteiger partial charge in [0.05, 0.1) is 11.8 Å². The molecule has 3 N–H and O–H groups in total. The summed E-state index contributed by atoms with van der Waals surface area (Å²) < 4.78 is 0. The van der Waals surface area contributed by atoms with Gasteiger partial charge in [0.25, 0.3) is 0 Å². The summed E-state index contributed by atoms with van der Waals surface area (Å²) in [6.07, 6.45) is 2.29. The lowest BCUT2D eigenvalue weighted by molar-refractivity contribution is 0.0697. The van der Waals surface area contributed by atoms with E-state index in [0.717, 1.165) is 5.69 Å². The van der Waals surface area contributed by atoms with Crippen molar-refractivity contribution >= 4 is 11.7 Å². The zero-order chi connectivity index (χ0) is 12.8. The Morgan fingerprint density at radius 3 is 2.88 bits per heavy atom. The van der Waals surface area contributed by atoms with E-state index in [-0.39, 0.29) is 11.7 Å². The molecule has 94 valence electrons. The van der Waals surface area contributed by atoms with Crippen LogP contribution in [-0.2, 0) is 0 Å². The van der Waals surface area contributed by atoms with Gasteiger partial charge in [-0.2, -0.15) is 0 Å². The molecule has 0 aliphatic rings. The molecule has 0 saturated carbocycles. The van der Waals surface area contributed by atoms with Crippen LogP contribution in [0.5, 0.6) is 0 Å². The van der Waals surface area contributed by atoms with Crippen LogP contribution in [0, 0.1) is 6.92 Å². The van der Waals surface area contributed by atoms with Crippen LogP contribution < -0.4 is 5.32 Å². The third-order valence-corrected chi connectivity index (χ3v) is 2.54. The van der Waals surface area contributed by atoms with Crippen molar-refractivity contribution in [2.45, 2.75) is 32.8 Å². The molecule has 0 aliphatic carbocycles. The Balaban J connectivity index is 2.68. The molecule has 0 radical (unpaired) electrons. The number of hydrogen-bond donors (Lipinski definition) is 3. The van der Waals surface area contributed by atoms with Gasteiger partial charge in [0, 0.05) is 18.4 Å². The van der Waals surface area contributed by atoms with Crippen molar-refractivity contribution < 1.29 is 15.0 Å². The number of nitrogens with one attached hydrogen (secondary N) is 1. The molecule has 0 aromatic carbocycles. The number of aromatic carboxylic acids is 1. The molecule has 17 heavy (non-hydrogen) atoms. The Kier molecular flexibility index (Phi) is 4.90. The quantitative estimate of drug-likeness (QED) is 0.702. The third kappa shape index (κ3) is 4.03. The molecule has 1 atom stereocenters. The minimum absolute atomic E-state index is 0.154. The molecule has 1 rings (SSSR count). The van der Waals surface area contributed by atoms with Crippen molar-refractivity contribution in [1.29, 1.82) is 0 Å². The number of nitrogens with zero attached hydrogens (tertiary/aromatic N) is 1. The van der Waals surface area contributed by atoms with E-state index in [2.05, 4.69) is 10.3 Å². The molecule has 0 saturated heterocycles. The molecule has 1 aromatic heterocycles. The first kappa shape index (κ1) is 13.4. The summed E-state index contributed by atoms with van der Waals surface area (Å²) in [4.78, 5) is 14.9. The monoisotopic (exact) mass is 238 g/mol. The molecular formula is C12H18N2O3. The number of pyridine rings is 1. The number of hydrogen-bond acceptors (Lipinski definition) is 4. The largest absolute Gasteiger partial charge is 0.478 e. The summed E-state index contributed by atoms with van der Waals surface area (Å²) in [5.41, 5.74) is 1.46. The highest BCUT2D eigenvalue weighted by atomic mass is 16.4. The van der Waals surface area contributed by atoms with Crippen LogP contribution in [0.25, 0.3) is 0 Å². The van der Waals surface area contributed by atoms with Crippen LogP contribution in [0.3, 0.4) is 0 Å². The van der Waals surface area contributed by atoms with Crippen LogP contribution in [0.1, 0.15) is 35.8 Å². The van der Waals surface area contributed by atoms with E-state index in [1.807, 2.05) is 6.92 Å². The number of aliphatic hydroxyl groups excluding tert-OH is 1. The van der Waals surface area contributed by atoms with Crippen LogP contribution in [0.2, 0.25) is 0 Å². The maximum atomic E-state index is 11.0. The topological polar surface area (TPSA) is 82.5 Å². The Morgan fingerprint density at radius 1 is 1.59 bits per heavy atom. The van der Waals surface area contributed by atoms with E-state index >= 15 is 0 Å². The average Bonchev–Trinajstić information content (AvgIpc) is 2.28. The molecule has 0 fully saturated rings. The fourth-order valence-corrected chi connectivity index (χ4v) is 1.45. The SMILES string of the molecule is CCC(O)CCNc1cc(C)ncc1C(=O)O. The molecule has 0 aliphatic heterocycles.